The molecule has 1 heterocycles. The van der Waals surface area contributed by atoms with Gasteiger partial charge in [-0.1, -0.05) is 0 Å². The van der Waals surface area contributed by atoms with E-state index in [4.69, 9.17) is 10.5 Å². The Morgan fingerprint density at radius 1 is 1.47 bits per heavy atom. The summed E-state index contributed by atoms with van der Waals surface area (Å²) >= 11 is 0. The molecule has 1 aliphatic rings. The molecule has 4 heteroatoms. The maximum atomic E-state index is 11.9. The molecule has 0 bridgehead atoms. The number of nitrogens with two attached hydrogens (primary N) is 1. The van der Waals surface area contributed by atoms with Gasteiger partial charge in [-0.05, 0) is 44.7 Å². The molecule has 1 aromatic heterocycles. The zero-order valence-corrected chi connectivity index (χ0v) is 10.5. The quantitative estimate of drug-likeness (QED) is 0.853. The van der Waals surface area contributed by atoms with Crippen molar-refractivity contribution in [1.29, 1.82) is 0 Å². The molecule has 2 N–H and O–H groups in total. The van der Waals surface area contributed by atoms with E-state index in [9.17, 15) is 4.79 Å². The summed E-state index contributed by atoms with van der Waals surface area (Å²) in [6, 6.07) is 3.75. The summed E-state index contributed by atoms with van der Waals surface area (Å²) in [7, 11) is 1.76. The van der Waals surface area contributed by atoms with E-state index in [1.807, 2.05) is 12.3 Å². The van der Waals surface area contributed by atoms with Crippen LogP contribution in [0.3, 0.4) is 0 Å². The summed E-state index contributed by atoms with van der Waals surface area (Å²) in [6.07, 6.45) is 5.73. The second-order valence-corrected chi connectivity index (χ2v) is 5.06. The zero-order valence-electron chi connectivity index (χ0n) is 10.5. The molecule has 1 aromatic rings. The predicted octanol–water partition coefficient (Wildman–Crippen LogP) is 1.95. The van der Waals surface area contributed by atoms with Gasteiger partial charge >= 0.3 is 0 Å². The van der Waals surface area contributed by atoms with E-state index >= 15 is 0 Å². The molecule has 94 valence electrons. The lowest BCUT2D eigenvalue weighted by molar-refractivity contribution is -0.0324. The van der Waals surface area contributed by atoms with E-state index in [-0.39, 0.29) is 17.2 Å². The van der Waals surface area contributed by atoms with Crippen molar-refractivity contribution in [3.05, 3.63) is 28.7 Å². The summed E-state index contributed by atoms with van der Waals surface area (Å²) in [4.78, 5) is 11.9. The highest BCUT2D eigenvalue weighted by Crippen LogP contribution is 2.35. The summed E-state index contributed by atoms with van der Waals surface area (Å²) in [5, 5.41) is 0. The Balaban J connectivity index is 2.16. The SMILES string of the molecule is COC1(C)CCC(n2cccc(N)c2=O)CC1. The lowest BCUT2D eigenvalue weighted by atomic mass is 9.83. The summed E-state index contributed by atoms with van der Waals surface area (Å²) in [5.74, 6) is 0. The number of nitrogens with zero attached hydrogens (tertiary/aromatic N) is 1. The number of methoxy groups -OCH3 is 1. The molecular weight excluding hydrogens is 216 g/mol. The summed E-state index contributed by atoms with van der Waals surface area (Å²) < 4.78 is 7.27. The minimum Gasteiger partial charge on any atom is -0.394 e. The van der Waals surface area contributed by atoms with Gasteiger partial charge in [0.25, 0.3) is 5.56 Å². The van der Waals surface area contributed by atoms with E-state index in [1.165, 1.54) is 0 Å². The van der Waals surface area contributed by atoms with Crippen molar-refractivity contribution in [2.45, 2.75) is 44.2 Å². The Morgan fingerprint density at radius 2 is 2.12 bits per heavy atom. The molecule has 0 atom stereocenters. The number of pyridine rings is 1. The van der Waals surface area contributed by atoms with Gasteiger partial charge in [0, 0.05) is 19.3 Å². The highest BCUT2D eigenvalue weighted by atomic mass is 16.5. The first kappa shape index (κ1) is 12.2. The van der Waals surface area contributed by atoms with Crippen LogP contribution in [-0.2, 0) is 4.74 Å². The number of rotatable bonds is 2. The Morgan fingerprint density at radius 3 is 2.71 bits per heavy atom. The van der Waals surface area contributed by atoms with Gasteiger partial charge in [-0.2, -0.15) is 0 Å². The van der Waals surface area contributed by atoms with E-state index in [0.29, 0.717) is 5.69 Å². The molecule has 1 saturated carbocycles. The Kier molecular flexibility index (Phi) is 3.24. The van der Waals surface area contributed by atoms with Crippen molar-refractivity contribution < 1.29 is 4.74 Å². The average Bonchev–Trinajstić information content (AvgIpc) is 2.34. The smallest absolute Gasteiger partial charge is 0.273 e. The van der Waals surface area contributed by atoms with Crippen LogP contribution in [0.25, 0.3) is 0 Å². The zero-order chi connectivity index (χ0) is 12.5. The number of ether oxygens (including phenoxy) is 1. The fourth-order valence-electron chi connectivity index (χ4n) is 2.51. The number of hydrogen-bond acceptors (Lipinski definition) is 3. The third-order valence-electron chi connectivity index (χ3n) is 3.90. The van der Waals surface area contributed by atoms with Crippen LogP contribution in [0.1, 0.15) is 38.6 Å². The molecule has 1 aliphatic carbocycles. The normalized spacial score (nSPS) is 29.2. The fourth-order valence-corrected chi connectivity index (χ4v) is 2.51. The maximum Gasteiger partial charge on any atom is 0.273 e. The molecule has 2 rings (SSSR count). The lowest BCUT2D eigenvalue weighted by Crippen LogP contribution is -2.36. The van der Waals surface area contributed by atoms with Crippen molar-refractivity contribution in [2.75, 3.05) is 12.8 Å². The number of nitrogen functional groups attached to an aromatic ring is 1. The molecule has 4 nitrogen and oxygen atoms in total. The van der Waals surface area contributed by atoms with E-state index in [1.54, 1.807) is 17.7 Å². The fraction of sp³-hybridized carbons (Fsp3) is 0.615. The van der Waals surface area contributed by atoms with E-state index in [2.05, 4.69) is 6.92 Å². The van der Waals surface area contributed by atoms with Crippen molar-refractivity contribution in [3.8, 4) is 0 Å². The Hall–Kier alpha value is -1.29. The van der Waals surface area contributed by atoms with Gasteiger partial charge in [0.15, 0.2) is 0 Å². The molecule has 17 heavy (non-hydrogen) atoms. The molecule has 0 amide bonds. The van der Waals surface area contributed by atoms with Crippen LogP contribution in [0.15, 0.2) is 23.1 Å². The molecule has 1 fully saturated rings. The second-order valence-electron chi connectivity index (χ2n) is 5.06. The average molecular weight is 236 g/mol. The largest absolute Gasteiger partial charge is 0.394 e. The maximum absolute atomic E-state index is 11.9. The minimum atomic E-state index is -0.0708. The van der Waals surface area contributed by atoms with Crippen molar-refractivity contribution >= 4 is 5.69 Å². The Labute approximate surface area is 101 Å². The second kappa shape index (κ2) is 4.53. The third kappa shape index (κ3) is 2.36. The Bertz CT molecular complexity index is 445. The molecule has 0 radical (unpaired) electrons. The van der Waals surface area contributed by atoms with Crippen molar-refractivity contribution in [3.63, 3.8) is 0 Å². The van der Waals surface area contributed by atoms with Gasteiger partial charge in [-0.25, -0.2) is 0 Å². The van der Waals surface area contributed by atoms with Gasteiger partial charge < -0.3 is 15.0 Å². The third-order valence-corrected chi connectivity index (χ3v) is 3.90. The summed E-state index contributed by atoms with van der Waals surface area (Å²) in [5.41, 5.74) is 5.88. The lowest BCUT2D eigenvalue weighted by Gasteiger charge is -2.36. The molecular formula is C13H20N2O2. The van der Waals surface area contributed by atoms with Crippen LogP contribution in [0.4, 0.5) is 5.69 Å². The highest BCUT2D eigenvalue weighted by Gasteiger charge is 2.31. The van der Waals surface area contributed by atoms with Gasteiger partial charge in [0.05, 0.1) is 11.3 Å². The molecule has 0 spiro atoms. The van der Waals surface area contributed by atoms with Gasteiger partial charge in [-0.15, -0.1) is 0 Å². The van der Waals surface area contributed by atoms with Crippen LogP contribution >= 0.6 is 0 Å². The van der Waals surface area contributed by atoms with Crippen molar-refractivity contribution in [1.82, 2.24) is 4.57 Å². The van der Waals surface area contributed by atoms with Crippen LogP contribution in [0.2, 0.25) is 0 Å². The van der Waals surface area contributed by atoms with Crippen LogP contribution in [-0.4, -0.2) is 17.3 Å². The summed E-state index contributed by atoms with van der Waals surface area (Å²) in [6.45, 7) is 2.13. The minimum absolute atomic E-state index is 0.0273. The van der Waals surface area contributed by atoms with Crippen LogP contribution in [0.5, 0.6) is 0 Å². The standard InChI is InChI=1S/C13H20N2O2/c1-13(17-2)7-5-10(6-8-13)15-9-3-4-11(14)12(15)16/h3-4,9-10H,5-8,14H2,1-2H3. The molecule has 0 unspecified atom stereocenters. The first-order valence-corrected chi connectivity index (χ1v) is 6.07. The van der Waals surface area contributed by atoms with Gasteiger partial charge in [-0.3, -0.25) is 4.79 Å². The number of hydrogen-bond donors (Lipinski definition) is 1. The number of anilines is 1. The van der Waals surface area contributed by atoms with Crippen molar-refractivity contribution in [2.24, 2.45) is 0 Å². The molecule has 0 saturated heterocycles. The monoisotopic (exact) mass is 236 g/mol. The van der Waals surface area contributed by atoms with Crippen LogP contribution in [0, 0.1) is 0 Å². The molecule has 0 aromatic carbocycles. The molecule has 0 aliphatic heterocycles. The first-order valence-electron chi connectivity index (χ1n) is 6.07. The first-order chi connectivity index (χ1) is 8.06. The van der Waals surface area contributed by atoms with Crippen LogP contribution < -0.4 is 11.3 Å². The topological polar surface area (TPSA) is 57.2 Å². The van der Waals surface area contributed by atoms with Gasteiger partial charge in [0.2, 0.25) is 0 Å². The predicted molar refractivity (Wildman–Crippen MR) is 68.0 cm³/mol. The number of aromatic nitrogens is 1. The van der Waals surface area contributed by atoms with E-state index < -0.39 is 0 Å². The van der Waals surface area contributed by atoms with Gasteiger partial charge in [0.1, 0.15) is 0 Å². The van der Waals surface area contributed by atoms with E-state index in [0.717, 1.165) is 25.7 Å². The highest BCUT2D eigenvalue weighted by molar-refractivity contribution is 5.33.